The number of hydrogen-bond donors (Lipinski definition) is 0. The van der Waals surface area contributed by atoms with Crippen molar-refractivity contribution >= 4 is 40.8 Å². The molecule has 0 aromatic heterocycles. The highest BCUT2D eigenvalue weighted by Gasteiger charge is 2.36. The summed E-state index contributed by atoms with van der Waals surface area (Å²) in [6, 6.07) is 10.2. The number of halogens is 2. The molecule has 0 N–H and O–H groups in total. The van der Waals surface area contributed by atoms with Crippen molar-refractivity contribution in [2.45, 2.75) is 58.9 Å². The number of aliphatic imine (C=N–C) groups is 1. The molecule has 0 bridgehead atoms. The second-order valence-corrected chi connectivity index (χ2v) is 9.01. The van der Waals surface area contributed by atoms with Gasteiger partial charge in [0.15, 0.2) is 0 Å². The lowest BCUT2D eigenvalue weighted by Crippen LogP contribution is -2.48. The topological polar surface area (TPSA) is 15.6 Å². The molecule has 1 heterocycles. The van der Waals surface area contributed by atoms with Crippen molar-refractivity contribution < 1.29 is 0 Å². The molecule has 2 nitrogen and oxygen atoms in total. The molecule has 2 aromatic rings. The average molecular weight is 403 g/mol. The molecule has 3 rings (SSSR count). The van der Waals surface area contributed by atoms with Gasteiger partial charge in [0, 0.05) is 34.6 Å². The lowest BCUT2D eigenvalue weighted by Gasteiger charge is -2.47. The molecule has 0 amide bonds. The van der Waals surface area contributed by atoms with Gasteiger partial charge in [0.25, 0.3) is 0 Å². The zero-order valence-corrected chi connectivity index (χ0v) is 18.3. The Morgan fingerprint density at radius 1 is 1.19 bits per heavy atom. The van der Waals surface area contributed by atoms with Crippen LogP contribution in [0.2, 0.25) is 10.0 Å². The van der Waals surface area contributed by atoms with Gasteiger partial charge in [-0.1, -0.05) is 43.1 Å². The maximum absolute atomic E-state index is 6.65. The van der Waals surface area contributed by atoms with Gasteiger partial charge in [-0.15, -0.1) is 0 Å². The second kappa shape index (κ2) is 7.85. The smallest absolute Gasteiger partial charge is 0.0644 e. The molecule has 1 unspecified atom stereocenters. The highest BCUT2D eigenvalue weighted by atomic mass is 35.5. The first-order chi connectivity index (χ1) is 12.7. The molecule has 4 heteroatoms. The number of hydrogen-bond acceptors (Lipinski definition) is 2. The molecule has 0 spiro atoms. The van der Waals surface area contributed by atoms with E-state index in [1.807, 2.05) is 31.3 Å². The Hall–Kier alpha value is -1.51. The molecule has 1 atom stereocenters. The van der Waals surface area contributed by atoms with Gasteiger partial charge < -0.3 is 4.90 Å². The molecule has 144 valence electrons. The summed E-state index contributed by atoms with van der Waals surface area (Å²) in [7, 11) is 0. The molecule has 0 saturated heterocycles. The van der Waals surface area contributed by atoms with Crippen molar-refractivity contribution in [3.8, 4) is 0 Å². The number of anilines is 1. The highest BCUT2D eigenvalue weighted by molar-refractivity contribution is 6.33. The lowest BCUT2D eigenvalue weighted by molar-refractivity contribution is 0.376. The summed E-state index contributed by atoms with van der Waals surface area (Å²) in [5.41, 5.74) is 5.60. The van der Waals surface area contributed by atoms with E-state index in [0.717, 1.165) is 46.2 Å². The summed E-state index contributed by atoms with van der Waals surface area (Å²) in [6.45, 7) is 12.2. The normalized spacial score (nSPS) is 18.8. The van der Waals surface area contributed by atoms with Gasteiger partial charge >= 0.3 is 0 Å². The highest BCUT2D eigenvalue weighted by Crippen LogP contribution is 2.45. The Labute approximate surface area is 173 Å². The van der Waals surface area contributed by atoms with Gasteiger partial charge in [-0.05, 0) is 74.9 Å². The summed E-state index contributed by atoms with van der Waals surface area (Å²) in [5.74, 6) is 0.487. The molecule has 1 aliphatic heterocycles. The Kier molecular flexibility index (Phi) is 5.88. The molecule has 0 radical (unpaired) electrons. The standard InChI is InChI=1S/C23H28Cl2N2/c1-6-9-27-22-12-21(25)17(10-19(22)16(3)13-23(27,4)5)14-26-18-8-7-15(2)20(24)11-18/h7-8,10-12,14,16H,6,9,13H2,1-5H3. The van der Waals surface area contributed by atoms with Crippen molar-refractivity contribution in [2.24, 2.45) is 4.99 Å². The van der Waals surface area contributed by atoms with E-state index in [2.05, 4.69) is 49.7 Å². The maximum atomic E-state index is 6.65. The van der Waals surface area contributed by atoms with E-state index in [0.29, 0.717) is 5.92 Å². The van der Waals surface area contributed by atoms with Gasteiger partial charge in [0.05, 0.1) is 10.7 Å². The molecule has 0 fully saturated rings. The fourth-order valence-corrected chi connectivity index (χ4v) is 4.45. The van der Waals surface area contributed by atoms with Gasteiger partial charge in [-0.3, -0.25) is 4.99 Å². The Balaban J connectivity index is 1.99. The van der Waals surface area contributed by atoms with E-state index in [1.54, 1.807) is 0 Å². The van der Waals surface area contributed by atoms with Crippen LogP contribution in [0.5, 0.6) is 0 Å². The quantitative estimate of drug-likeness (QED) is 0.481. The van der Waals surface area contributed by atoms with Gasteiger partial charge in [-0.25, -0.2) is 0 Å². The third-order valence-electron chi connectivity index (χ3n) is 5.46. The van der Waals surface area contributed by atoms with Crippen molar-refractivity contribution in [1.82, 2.24) is 0 Å². The van der Waals surface area contributed by atoms with Crippen LogP contribution in [0, 0.1) is 6.92 Å². The van der Waals surface area contributed by atoms with Crippen LogP contribution < -0.4 is 4.90 Å². The summed E-state index contributed by atoms with van der Waals surface area (Å²) >= 11 is 12.9. The fraction of sp³-hybridized carbons (Fsp3) is 0.435. The average Bonchev–Trinajstić information content (AvgIpc) is 2.59. The third-order valence-corrected chi connectivity index (χ3v) is 6.19. The largest absolute Gasteiger partial charge is 0.366 e. The summed E-state index contributed by atoms with van der Waals surface area (Å²) in [6.07, 6.45) is 4.10. The summed E-state index contributed by atoms with van der Waals surface area (Å²) in [4.78, 5) is 7.10. The lowest BCUT2D eigenvalue weighted by atomic mass is 9.79. The summed E-state index contributed by atoms with van der Waals surface area (Å²) < 4.78 is 0. The SMILES string of the molecule is CCCN1c2cc(Cl)c(C=Nc3ccc(C)c(Cl)c3)cc2C(C)CC1(C)C. The molecule has 2 aromatic carbocycles. The van der Waals surface area contributed by atoms with E-state index in [-0.39, 0.29) is 5.54 Å². The van der Waals surface area contributed by atoms with Crippen molar-refractivity contribution in [3.05, 3.63) is 57.1 Å². The van der Waals surface area contributed by atoms with Crippen molar-refractivity contribution in [1.29, 1.82) is 0 Å². The number of aryl methyl sites for hydroxylation is 1. The zero-order chi connectivity index (χ0) is 19.8. The van der Waals surface area contributed by atoms with Crippen LogP contribution in [0.25, 0.3) is 0 Å². The Morgan fingerprint density at radius 3 is 2.59 bits per heavy atom. The van der Waals surface area contributed by atoms with E-state index < -0.39 is 0 Å². The number of fused-ring (bicyclic) bond motifs is 1. The predicted octanol–water partition coefficient (Wildman–Crippen LogP) is 7.55. The molecular weight excluding hydrogens is 375 g/mol. The molecule has 0 aliphatic carbocycles. The van der Waals surface area contributed by atoms with E-state index in [4.69, 9.17) is 23.2 Å². The molecule has 0 saturated carbocycles. The first-order valence-electron chi connectivity index (χ1n) is 9.64. The Bertz CT molecular complexity index is 871. The minimum atomic E-state index is 0.139. The molecule has 1 aliphatic rings. The fourth-order valence-electron chi connectivity index (χ4n) is 4.07. The van der Waals surface area contributed by atoms with E-state index >= 15 is 0 Å². The molecular formula is C23H28Cl2N2. The van der Waals surface area contributed by atoms with Crippen LogP contribution in [-0.2, 0) is 0 Å². The number of benzene rings is 2. The van der Waals surface area contributed by atoms with Crippen LogP contribution >= 0.6 is 23.2 Å². The predicted molar refractivity (Wildman–Crippen MR) is 120 cm³/mol. The van der Waals surface area contributed by atoms with Crippen LogP contribution in [-0.4, -0.2) is 18.3 Å². The minimum absolute atomic E-state index is 0.139. The monoisotopic (exact) mass is 402 g/mol. The van der Waals surface area contributed by atoms with Crippen LogP contribution in [0.3, 0.4) is 0 Å². The van der Waals surface area contributed by atoms with E-state index in [9.17, 15) is 0 Å². The van der Waals surface area contributed by atoms with E-state index in [1.165, 1.54) is 11.3 Å². The number of rotatable bonds is 4. The third kappa shape index (κ3) is 4.17. The van der Waals surface area contributed by atoms with Crippen LogP contribution in [0.4, 0.5) is 11.4 Å². The second-order valence-electron chi connectivity index (χ2n) is 8.19. The zero-order valence-electron chi connectivity index (χ0n) is 16.8. The van der Waals surface area contributed by atoms with Crippen LogP contribution in [0.15, 0.2) is 35.3 Å². The summed E-state index contributed by atoms with van der Waals surface area (Å²) in [5, 5.41) is 1.47. The van der Waals surface area contributed by atoms with Crippen LogP contribution in [0.1, 0.15) is 63.1 Å². The Morgan fingerprint density at radius 2 is 1.93 bits per heavy atom. The minimum Gasteiger partial charge on any atom is -0.366 e. The van der Waals surface area contributed by atoms with Gasteiger partial charge in [0.1, 0.15) is 0 Å². The van der Waals surface area contributed by atoms with Crippen molar-refractivity contribution in [2.75, 3.05) is 11.4 Å². The van der Waals surface area contributed by atoms with Gasteiger partial charge in [-0.2, -0.15) is 0 Å². The first-order valence-corrected chi connectivity index (χ1v) is 10.4. The molecule has 27 heavy (non-hydrogen) atoms. The van der Waals surface area contributed by atoms with Gasteiger partial charge in [0.2, 0.25) is 0 Å². The first kappa shape index (κ1) is 20.2. The maximum Gasteiger partial charge on any atom is 0.0644 e. The van der Waals surface area contributed by atoms with Crippen molar-refractivity contribution in [3.63, 3.8) is 0 Å². The number of nitrogens with zero attached hydrogens (tertiary/aromatic N) is 2.